The van der Waals surface area contributed by atoms with E-state index in [1.165, 1.54) is 0 Å². The van der Waals surface area contributed by atoms with E-state index >= 15 is 0 Å². The molecule has 0 spiro atoms. The van der Waals surface area contributed by atoms with Gasteiger partial charge < -0.3 is 10.9 Å². The zero-order chi connectivity index (χ0) is 14.5. The van der Waals surface area contributed by atoms with Gasteiger partial charge in [0.05, 0.1) is 12.6 Å². The molecule has 8 heteroatoms. The zero-order valence-electron chi connectivity index (χ0n) is 12.1. The predicted molar refractivity (Wildman–Crippen MR) is 75.4 cm³/mol. The Morgan fingerprint density at radius 2 is 2.15 bits per heavy atom. The molecular formula is C12H23N7O. The SMILES string of the molecule is CCn1ncnc1CN1CCN(C(C)C(N)=NO)CC1. The first-order valence-corrected chi connectivity index (χ1v) is 6.96. The van der Waals surface area contributed by atoms with Crippen LogP contribution in [0.2, 0.25) is 0 Å². The molecule has 0 aromatic carbocycles. The number of amidine groups is 1. The van der Waals surface area contributed by atoms with Gasteiger partial charge in [-0.15, -0.1) is 0 Å². The fraction of sp³-hybridized carbons (Fsp3) is 0.750. The minimum Gasteiger partial charge on any atom is -0.409 e. The van der Waals surface area contributed by atoms with Gasteiger partial charge in [-0.05, 0) is 13.8 Å². The lowest BCUT2D eigenvalue weighted by Gasteiger charge is -2.37. The van der Waals surface area contributed by atoms with Gasteiger partial charge in [0.15, 0.2) is 5.84 Å². The molecule has 2 heterocycles. The van der Waals surface area contributed by atoms with Crippen molar-refractivity contribution in [2.75, 3.05) is 26.2 Å². The van der Waals surface area contributed by atoms with Gasteiger partial charge in [-0.2, -0.15) is 5.10 Å². The summed E-state index contributed by atoms with van der Waals surface area (Å²) in [4.78, 5) is 8.87. The van der Waals surface area contributed by atoms with Crippen molar-refractivity contribution in [2.45, 2.75) is 33.0 Å². The first-order valence-electron chi connectivity index (χ1n) is 6.96. The number of piperazine rings is 1. The maximum absolute atomic E-state index is 8.72. The van der Waals surface area contributed by atoms with E-state index in [0.717, 1.165) is 45.1 Å². The molecule has 1 aliphatic rings. The van der Waals surface area contributed by atoms with Gasteiger partial charge in [-0.3, -0.25) is 9.80 Å². The first kappa shape index (κ1) is 14.7. The Bertz CT molecular complexity index is 450. The molecule has 20 heavy (non-hydrogen) atoms. The van der Waals surface area contributed by atoms with Crippen LogP contribution in [0.25, 0.3) is 0 Å². The fourth-order valence-corrected chi connectivity index (χ4v) is 2.45. The smallest absolute Gasteiger partial charge is 0.156 e. The van der Waals surface area contributed by atoms with Crippen molar-refractivity contribution < 1.29 is 5.21 Å². The molecule has 0 saturated carbocycles. The number of rotatable bonds is 5. The number of aromatic nitrogens is 3. The monoisotopic (exact) mass is 281 g/mol. The Hall–Kier alpha value is -1.67. The molecule has 112 valence electrons. The highest BCUT2D eigenvalue weighted by molar-refractivity contribution is 5.84. The van der Waals surface area contributed by atoms with Gasteiger partial charge in [-0.25, -0.2) is 9.67 Å². The molecule has 1 fully saturated rings. The summed E-state index contributed by atoms with van der Waals surface area (Å²) in [5.41, 5.74) is 5.65. The van der Waals surface area contributed by atoms with Crippen LogP contribution in [-0.2, 0) is 13.1 Å². The van der Waals surface area contributed by atoms with Crippen molar-refractivity contribution >= 4 is 5.84 Å². The maximum Gasteiger partial charge on any atom is 0.156 e. The van der Waals surface area contributed by atoms with Crippen LogP contribution in [0.1, 0.15) is 19.7 Å². The molecule has 1 aromatic heterocycles. The van der Waals surface area contributed by atoms with Crippen molar-refractivity contribution in [1.29, 1.82) is 0 Å². The number of oxime groups is 1. The van der Waals surface area contributed by atoms with Crippen molar-refractivity contribution in [3.63, 3.8) is 0 Å². The lowest BCUT2D eigenvalue weighted by atomic mass is 10.2. The Balaban J connectivity index is 1.85. The van der Waals surface area contributed by atoms with E-state index in [1.54, 1.807) is 6.33 Å². The largest absolute Gasteiger partial charge is 0.409 e. The van der Waals surface area contributed by atoms with Gasteiger partial charge in [0, 0.05) is 32.7 Å². The Labute approximate surface area is 118 Å². The van der Waals surface area contributed by atoms with Crippen LogP contribution < -0.4 is 5.73 Å². The van der Waals surface area contributed by atoms with E-state index in [4.69, 9.17) is 10.9 Å². The second-order valence-electron chi connectivity index (χ2n) is 5.00. The molecule has 1 saturated heterocycles. The summed E-state index contributed by atoms with van der Waals surface area (Å²) in [6.45, 7) is 9.37. The summed E-state index contributed by atoms with van der Waals surface area (Å²) in [7, 11) is 0. The number of aryl methyl sites for hydroxylation is 1. The van der Waals surface area contributed by atoms with Crippen molar-refractivity contribution in [3.05, 3.63) is 12.2 Å². The lowest BCUT2D eigenvalue weighted by molar-refractivity contribution is 0.113. The van der Waals surface area contributed by atoms with Crippen molar-refractivity contribution in [2.24, 2.45) is 10.9 Å². The lowest BCUT2D eigenvalue weighted by Crippen LogP contribution is -2.52. The fourth-order valence-electron chi connectivity index (χ4n) is 2.45. The standard InChI is InChI=1S/C12H23N7O/c1-3-19-11(14-9-15-19)8-17-4-6-18(7-5-17)10(2)12(13)16-20/h9-10,20H,3-8H2,1-2H3,(H2,13,16). The molecule has 1 atom stereocenters. The molecule has 1 unspecified atom stereocenters. The van der Waals surface area contributed by atoms with Crippen LogP contribution in [0.4, 0.5) is 0 Å². The number of hydrogen-bond donors (Lipinski definition) is 2. The van der Waals surface area contributed by atoms with E-state index in [0.29, 0.717) is 0 Å². The molecule has 1 aliphatic heterocycles. The molecule has 8 nitrogen and oxygen atoms in total. The van der Waals surface area contributed by atoms with E-state index < -0.39 is 0 Å². The van der Waals surface area contributed by atoms with Crippen LogP contribution in [0, 0.1) is 0 Å². The van der Waals surface area contributed by atoms with E-state index in [-0.39, 0.29) is 11.9 Å². The van der Waals surface area contributed by atoms with Crippen molar-refractivity contribution in [1.82, 2.24) is 24.6 Å². The summed E-state index contributed by atoms with van der Waals surface area (Å²) in [5, 5.41) is 16.0. The van der Waals surface area contributed by atoms with Crippen LogP contribution in [0.5, 0.6) is 0 Å². The summed E-state index contributed by atoms with van der Waals surface area (Å²) < 4.78 is 1.92. The normalized spacial score (nSPS) is 20.2. The third kappa shape index (κ3) is 3.26. The summed E-state index contributed by atoms with van der Waals surface area (Å²) >= 11 is 0. The number of nitrogens with two attached hydrogens (primary N) is 1. The molecule has 0 radical (unpaired) electrons. The van der Waals surface area contributed by atoms with E-state index in [2.05, 4.69) is 32.0 Å². The zero-order valence-corrected chi connectivity index (χ0v) is 12.1. The molecule has 0 bridgehead atoms. The van der Waals surface area contributed by atoms with Gasteiger partial charge in [0.2, 0.25) is 0 Å². The highest BCUT2D eigenvalue weighted by Gasteiger charge is 2.24. The van der Waals surface area contributed by atoms with Crippen LogP contribution in [0.15, 0.2) is 11.5 Å². The molecule has 0 amide bonds. The second-order valence-corrected chi connectivity index (χ2v) is 5.00. The number of hydrogen-bond acceptors (Lipinski definition) is 6. The van der Waals surface area contributed by atoms with Crippen LogP contribution in [-0.4, -0.2) is 67.8 Å². The molecule has 0 aliphatic carbocycles. The first-order chi connectivity index (χ1) is 9.65. The molecule has 3 N–H and O–H groups in total. The quantitative estimate of drug-likeness (QED) is 0.328. The average molecular weight is 281 g/mol. The topological polar surface area (TPSA) is 95.8 Å². The Morgan fingerprint density at radius 3 is 2.75 bits per heavy atom. The minimum atomic E-state index is -0.0264. The van der Waals surface area contributed by atoms with Gasteiger partial charge in [0.25, 0.3) is 0 Å². The van der Waals surface area contributed by atoms with Crippen LogP contribution >= 0.6 is 0 Å². The summed E-state index contributed by atoms with van der Waals surface area (Å²) in [5.74, 6) is 1.27. The summed E-state index contributed by atoms with van der Waals surface area (Å²) in [6.07, 6.45) is 1.61. The highest BCUT2D eigenvalue weighted by atomic mass is 16.4. The second kappa shape index (κ2) is 6.67. The van der Waals surface area contributed by atoms with Gasteiger partial charge in [-0.1, -0.05) is 5.16 Å². The highest BCUT2D eigenvalue weighted by Crippen LogP contribution is 2.09. The van der Waals surface area contributed by atoms with E-state index in [9.17, 15) is 0 Å². The molecular weight excluding hydrogens is 258 g/mol. The van der Waals surface area contributed by atoms with Crippen LogP contribution in [0.3, 0.4) is 0 Å². The average Bonchev–Trinajstić information content (AvgIpc) is 2.93. The minimum absolute atomic E-state index is 0.0264. The van der Waals surface area contributed by atoms with E-state index in [1.807, 2.05) is 11.6 Å². The van der Waals surface area contributed by atoms with Crippen molar-refractivity contribution in [3.8, 4) is 0 Å². The third-order valence-corrected chi connectivity index (χ3v) is 3.86. The Kier molecular flexibility index (Phi) is 4.91. The summed E-state index contributed by atoms with van der Waals surface area (Å²) in [6, 6.07) is -0.0264. The predicted octanol–water partition coefficient (Wildman–Crippen LogP) is -0.449. The number of nitrogens with zero attached hydrogens (tertiary/aromatic N) is 6. The van der Waals surface area contributed by atoms with Gasteiger partial charge in [0.1, 0.15) is 12.2 Å². The third-order valence-electron chi connectivity index (χ3n) is 3.86. The Morgan fingerprint density at radius 1 is 1.45 bits per heavy atom. The molecule has 1 aromatic rings. The molecule has 2 rings (SSSR count). The maximum atomic E-state index is 8.72. The van der Waals surface area contributed by atoms with Gasteiger partial charge >= 0.3 is 0 Å².